The quantitative estimate of drug-likeness (QED) is 0.369. The van der Waals surface area contributed by atoms with E-state index in [0.29, 0.717) is 53.8 Å². The van der Waals surface area contributed by atoms with Crippen LogP contribution in [0, 0.1) is 19.3 Å². The van der Waals surface area contributed by atoms with E-state index in [1.807, 2.05) is 19.1 Å². The van der Waals surface area contributed by atoms with Crippen molar-refractivity contribution in [1.29, 1.82) is 0 Å². The van der Waals surface area contributed by atoms with Crippen LogP contribution in [-0.4, -0.2) is 31.8 Å². The van der Waals surface area contributed by atoms with Crippen molar-refractivity contribution in [2.75, 3.05) is 19.8 Å². The molecular formula is C27H26O6. The van der Waals surface area contributed by atoms with Crippen molar-refractivity contribution < 1.29 is 28.5 Å². The van der Waals surface area contributed by atoms with Crippen molar-refractivity contribution in [2.45, 2.75) is 20.8 Å². The number of benzene rings is 3. The molecule has 1 fully saturated rings. The van der Waals surface area contributed by atoms with Gasteiger partial charge in [0.2, 0.25) is 0 Å². The number of rotatable bonds is 7. The van der Waals surface area contributed by atoms with Gasteiger partial charge in [-0.3, -0.25) is 0 Å². The Morgan fingerprint density at radius 2 is 1.39 bits per heavy atom. The molecule has 0 N–H and O–H groups in total. The monoisotopic (exact) mass is 446 g/mol. The maximum atomic E-state index is 12.6. The van der Waals surface area contributed by atoms with E-state index in [0.717, 1.165) is 5.56 Å². The molecule has 1 aliphatic rings. The van der Waals surface area contributed by atoms with E-state index in [1.54, 1.807) is 61.5 Å². The van der Waals surface area contributed by atoms with Gasteiger partial charge in [-0.25, -0.2) is 9.59 Å². The van der Waals surface area contributed by atoms with Gasteiger partial charge in [-0.15, -0.1) is 0 Å². The molecular weight excluding hydrogens is 420 g/mol. The van der Waals surface area contributed by atoms with E-state index in [4.69, 9.17) is 18.9 Å². The number of carbonyl (C=O) groups is 2. The van der Waals surface area contributed by atoms with Crippen LogP contribution in [-0.2, 0) is 4.74 Å². The van der Waals surface area contributed by atoms with Crippen LogP contribution in [0.4, 0.5) is 0 Å². The van der Waals surface area contributed by atoms with Crippen LogP contribution >= 0.6 is 0 Å². The zero-order valence-electron chi connectivity index (χ0n) is 18.9. The van der Waals surface area contributed by atoms with Crippen molar-refractivity contribution in [1.82, 2.24) is 0 Å². The second kappa shape index (κ2) is 9.46. The lowest BCUT2D eigenvalue weighted by Gasteiger charge is -2.37. The fourth-order valence-corrected chi connectivity index (χ4v) is 3.29. The molecule has 0 saturated carbocycles. The summed E-state index contributed by atoms with van der Waals surface area (Å²) in [5.74, 6) is 0.544. The molecule has 3 aromatic rings. The second-order valence-electron chi connectivity index (χ2n) is 8.69. The molecule has 4 rings (SSSR count). The predicted octanol–water partition coefficient (Wildman–Crippen LogP) is 5.16. The van der Waals surface area contributed by atoms with Gasteiger partial charge in [0, 0.05) is 5.41 Å². The van der Waals surface area contributed by atoms with Crippen molar-refractivity contribution in [2.24, 2.45) is 5.41 Å². The number of aryl methyl sites for hydroxylation is 2. The molecule has 6 heteroatoms. The number of hydrogen-bond acceptors (Lipinski definition) is 6. The van der Waals surface area contributed by atoms with Crippen LogP contribution in [0.2, 0.25) is 0 Å². The van der Waals surface area contributed by atoms with Gasteiger partial charge in [0.15, 0.2) is 0 Å². The minimum absolute atomic E-state index is 0.0513. The zero-order chi connectivity index (χ0) is 23.4. The van der Waals surface area contributed by atoms with Crippen LogP contribution in [0.5, 0.6) is 17.2 Å². The first-order chi connectivity index (χ1) is 15.8. The molecule has 0 aromatic heterocycles. The normalized spacial score (nSPS) is 14.2. The maximum absolute atomic E-state index is 12.6. The summed E-state index contributed by atoms with van der Waals surface area (Å²) in [7, 11) is 0. The third-order valence-corrected chi connectivity index (χ3v) is 5.43. The van der Waals surface area contributed by atoms with Crippen LogP contribution < -0.4 is 14.2 Å². The minimum Gasteiger partial charge on any atom is -0.493 e. The Morgan fingerprint density at radius 3 is 1.97 bits per heavy atom. The highest BCUT2D eigenvalue weighted by atomic mass is 16.5. The molecule has 170 valence electrons. The van der Waals surface area contributed by atoms with E-state index >= 15 is 0 Å². The molecule has 1 saturated heterocycles. The Labute approximate surface area is 193 Å². The Morgan fingerprint density at radius 1 is 0.818 bits per heavy atom. The Bertz CT molecular complexity index is 1140. The lowest BCUT2D eigenvalue weighted by molar-refractivity contribution is -0.120. The Balaban J connectivity index is 1.34. The number of esters is 2. The molecule has 1 aliphatic heterocycles. The van der Waals surface area contributed by atoms with Gasteiger partial charge in [0.05, 0.1) is 30.9 Å². The average Bonchev–Trinajstić information content (AvgIpc) is 2.79. The van der Waals surface area contributed by atoms with Gasteiger partial charge in [0.25, 0.3) is 0 Å². The first kappa shape index (κ1) is 22.6. The summed E-state index contributed by atoms with van der Waals surface area (Å²) in [6.45, 7) is 7.80. The molecule has 0 spiro atoms. The van der Waals surface area contributed by atoms with Gasteiger partial charge in [-0.05, 0) is 74.0 Å². The molecule has 0 atom stereocenters. The van der Waals surface area contributed by atoms with Crippen molar-refractivity contribution >= 4 is 11.9 Å². The Kier molecular flexibility index (Phi) is 6.47. The van der Waals surface area contributed by atoms with Crippen LogP contribution in [0.1, 0.15) is 38.8 Å². The topological polar surface area (TPSA) is 71.1 Å². The highest BCUT2D eigenvalue weighted by Crippen LogP contribution is 2.28. The largest absolute Gasteiger partial charge is 0.493 e. The van der Waals surface area contributed by atoms with Gasteiger partial charge in [0.1, 0.15) is 17.2 Å². The molecule has 0 amide bonds. The fraction of sp³-hybridized carbons (Fsp3) is 0.259. The van der Waals surface area contributed by atoms with E-state index in [9.17, 15) is 9.59 Å². The third kappa shape index (κ3) is 5.59. The molecule has 33 heavy (non-hydrogen) atoms. The van der Waals surface area contributed by atoms with Crippen molar-refractivity contribution in [3.63, 3.8) is 0 Å². The summed E-state index contributed by atoms with van der Waals surface area (Å²) < 4.78 is 22.0. The van der Waals surface area contributed by atoms with Gasteiger partial charge < -0.3 is 18.9 Å². The Hall–Kier alpha value is -3.64. The minimum atomic E-state index is -0.478. The lowest BCUT2D eigenvalue weighted by Crippen LogP contribution is -2.44. The van der Waals surface area contributed by atoms with Gasteiger partial charge >= 0.3 is 11.9 Å². The lowest BCUT2D eigenvalue weighted by atomic mass is 9.90. The van der Waals surface area contributed by atoms with Gasteiger partial charge in [-0.1, -0.05) is 24.6 Å². The molecule has 0 bridgehead atoms. The van der Waals surface area contributed by atoms with Crippen LogP contribution in [0.25, 0.3) is 0 Å². The SMILES string of the molecule is Cc1ccc(C(=O)Oc2ccc(OC(=O)c3ccc(OCC4(C)COC4)cc3)c(C)c2)cc1. The average molecular weight is 446 g/mol. The molecule has 0 radical (unpaired) electrons. The highest BCUT2D eigenvalue weighted by Gasteiger charge is 2.34. The number of carbonyl (C=O) groups excluding carboxylic acids is 2. The molecule has 0 aliphatic carbocycles. The van der Waals surface area contributed by atoms with Crippen LogP contribution in [0.3, 0.4) is 0 Å². The summed E-state index contributed by atoms with van der Waals surface area (Å²) in [4.78, 5) is 24.9. The van der Waals surface area contributed by atoms with E-state index < -0.39 is 11.9 Å². The first-order valence-corrected chi connectivity index (χ1v) is 10.7. The van der Waals surface area contributed by atoms with Crippen molar-refractivity contribution in [3.8, 4) is 17.2 Å². The molecule has 3 aromatic carbocycles. The summed E-state index contributed by atoms with van der Waals surface area (Å²) in [5.41, 5.74) is 2.67. The smallest absolute Gasteiger partial charge is 0.343 e. The third-order valence-electron chi connectivity index (χ3n) is 5.43. The highest BCUT2D eigenvalue weighted by molar-refractivity contribution is 5.92. The number of hydrogen-bond donors (Lipinski definition) is 0. The molecule has 0 unspecified atom stereocenters. The van der Waals surface area contributed by atoms with Gasteiger partial charge in [-0.2, -0.15) is 0 Å². The first-order valence-electron chi connectivity index (χ1n) is 10.7. The predicted molar refractivity (Wildman–Crippen MR) is 123 cm³/mol. The second-order valence-corrected chi connectivity index (χ2v) is 8.69. The van der Waals surface area contributed by atoms with Crippen molar-refractivity contribution in [3.05, 3.63) is 89.0 Å². The summed E-state index contributed by atoms with van der Waals surface area (Å²) in [6, 6.07) is 18.9. The summed E-state index contributed by atoms with van der Waals surface area (Å²) >= 11 is 0. The summed E-state index contributed by atoms with van der Waals surface area (Å²) in [6.07, 6.45) is 0. The molecule has 1 heterocycles. The van der Waals surface area contributed by atoms with E-state index in [2.05, 4.69) is 6.92 Å². The molecule has 6 nitrogen and oxygen atoms in total. The fourth-order valence-electron chi connectivity index (χ4n) is 3.29. The van der Waals surface area contributed by atoms with Crippen LogP contribution in [0.15, 0.2) is 66.7 Å². The van der Waals surface area contributed by atoms with E-state index in [1.165, 1.54) is 0 Å². The maximum Gasteiger partial charge on any atom is 0.343 e. The number of ether oxygens (including phenoxy) is 4. The zero-order valence-corrected chi connectivity index (χ0v) is 18.9. The van der Waals surface area contributed by atoms with E-state index in [-0.39, 0.29) is 5.41 Å². The standard InChI is InChI=1S/C27H26O6/c1-18-4-6-20(7-5-18)25(28)32-23-12-13-24(19(2)14-23)33-26(29)21-8-10-22(11-9-21)31-17-27(3)15-30-16-27/h4-14H,15-17H2,1-3H3. The summed E-state index contributed by atoms with van der Waals surface area (Å²) in [5, 5.41) is 0.